The van der Waals surface area contributed by atoms with Gasteiger partial charge in [0.15, 0.2) is 0 Å². The first-order chi connectivity index (χ1) is 15.3. The van der Waals surface area contributed by atoms with Crippen LogP contribution in [-0.2, 0) is 21.8 Å². The van der Waals surface area contributed by atoms with Crippen LogP contribution in [0.4, 0.5) is 0 Å². The summed E-state index contributed by atoms with van der Waals surface area (Å²) < 4.78 is 33.9. The lowest BCUT2D eigenvalue weighted by atomic mass is 10.2. The molecule has 1 aromatic carbocycles. The molecule has 3 heterocycles. The van der Waals surface area contributed by atoms with Gasteiger partial charge in [-0.1, -0.05) is 12.1 Å². The van der Waals surface area contributed by atoms with Crippen LogP contribution in [0.2, 0.25) is 0 Å². The maximum Gasteiger partial charge on any atom is 0.349 e. The quantitative estimate of drug-likeness (QED) is 0.518. The van der Waals surface area contributed by atoms with Crippen molar-refractivity contribution in [3.63, 3.8) is 0 Å². The van der Waals surface area contributed by atoms with Gasteiger partial charge >= 0.3 is 5.97 Å². The number of methoxy groups -OCH3 is 1. The van der Waals surface area contributed by atoms with E-state index in [0.29, 0.717) is 29.8 Å². The van der Waals surface area contributed by atoms with Gasteiger partial charge in [0.25, 0.3) is 5.56 Å². The van der Waals surface area contributed by atoms with Crippen LogP contribution in [0.15, 0.2) is 45.4 Å². The summed E-state index contributed by atoms with van der Waals surface area (Å²) in [5.74, 6) is -0.0232. The number of para-hydroxylation sites is 1. The summed E-state index contributed by atoms with van der Waals surface area (Å²) >= 11 is 1.05. The van der Waals surface area contributed by atoms with Crippen LogP contribution in [0, 0.1) is 0 Å². The number of benzene rings is 1. The number of aromatic nitrogens is 2. The average Bonchev–Trinajstić information content (AvgIpc) is 3.31. The Kier molecular flexibility index (Phi) is 6.17. The van der Waals surface area contributed by atoms with Crippen molar-refractivity contribution in [3.05, 3.63) is 56.8 Å². The van der Waals surface area contributed by atoms with Gasteiger partial charge in [0, 0.05) is 33.2 Å². The SMILES string of the molecule is COC(=O)c1sccc1S(=O)(=O)N1CCN(C(C)c2nc3ccccc3c(=O)n2C)CC1. The van der Waals surface area contributed by atoms with Crippen molar-refractivity contribution in [2.75, 3.05) is 33.3 Å². The van der Waals surface area contributed by atoms with Gasteiger partial charge in [0.2, 0.25) is 10.0 Å². The Bertz CT molecular complexity index is 1320. The molecule has 0 radical (unpaired) electrons. The second-order valence-corrected chi connectivity index (χ2v) is 10.4. The number of rotatable bonds is 5. The molecule has 0 aliphatic carbocycles. The van der Waals surface area contributed by atoms with Gasteiger partial charge in [-0.2, -0.15) is 4.31 Å². The molecule has 1 unspecified atom stereocenters. The van der Waals surface area contributed by atoms with Gasteiger partial charge in [0.1, 0.15) is 15.6 Å². The smallest absolute Gasteiger partial charge is 0.349 e. The van der Waals surface area contributed by atoms with E-state index in [0.717, 1.165) is 11.3 Å². The molecule has 0 N–H and O–H groups in total. The average molecular weight is 477 g/mol. The molecule has 4 rings (SSSR count). The zero-order chi connectivity index (χ0) is 23.0. The summed E-state index contributed by atoms with van der Waals surface area (Å²) in [6, 6.07) is 8.50. The zero-order valence-corrected chi connectivity index (χ0v) is 19.6. The minimum Gasteiger partial charge on any atom is -0.465 e. The molecule has 1 saturated heterocycles. The lowest BCUT2D eigenvalue weighted by molar-refractivity contribution is 0.0602. The highest BCUT2D eigenvalue weighted by molar-refractivity contribution is 7.89. The maximum absolute atomic E-state index is 13.1. The topological polar surface area (TPSA) is 102 Å². The molecule has 0 bridgehead atoms. The van der Waals surface area contributed by atoms with Crippen molar-refractivity contribution < 1.29 is 17.9 Å². The van der Waals surface area contributed by atoms with Crippen molar-refractivity contribution in [2.45, 2.75) is 17.9 Å². The van der Waals surface area contributed by atoms with Crippen LogP contribution in [0.1, 0.15) is 28.5 Å². The highest BCUT2D eigenvalue weighted by atomic mass is 32.2. The van der Waals surface area contributed by atoms with Crippen LogP contribution < -0.4 is 5.56 Å². The summed E-state index contributed by atoms with van der Waals surface area (Å²) in [5, 5.41) is 2.14. The van der Waals surface area contributed by atoms with Gasteiger partial charge in [0.05, 0.1) is 24.1 Å². The number of piperazine rings is 1. The number of carbonyl (C=O) groups is 1. The number of fused-ring (bicyclic) bond motifs is 1. The number of esters is 1. The van der Waals surface area contributed by atoms with Crippen LogP contribution in [0.25, 0.3) is 10.9 Å². The molecule has 32 heavy (non-hydrogen) atoms. The summed E-state index contributed by atoms with van der Waals surface area (Å²) in [5.41, 5.74) is 0.540. The fraction of sp³-hybridized carbons (Fsp3) is 0.381. The molecule has 1 aliphatic heterocycles. The normalized spacial score (nSPS) is 16.8. The zero-order valence-electron chi connectivity index (χ0n) is 18.0. The van der Waals surface area contributed by atoms with Crippen LogP contribution in [0.3, 0.4) is 0 Å². The maximum atomic E-state index is 13.1. The fourth-order valence-electron chi connectivity index (χ4n) is 3.98. The van der Waals surface area contributed by atoms with E-state index in [1.165, 1.54) is 17.5 Å². The summed E-state index contributed by atoms with van der Waals surface area (Å²) in [7, 11) is -0.880. The first-order valence-corrected chi connectivity index (χ1v) is 12.4. The Hall–Kier alpha value is -2.60. The van der Waals surface area contributed by atoms with E-state index in [1.54, 1.807) is 23.1 Å². The molecule has 3 aromatic rings. The number of hydrogen-bond donors (Lipinski definition) is 0. The van der Waals surface area contributed by atoms with Crippen LogP contribution in [-0.4, -0.2) is 66.4 Å². The van der Waals surface area contributed by atoms with Gasteiger partial charge in [-0.25, -0.2) is 18.2 Å². The van der Waals surface area contributed by atoms with Crippen molar-refractivity contribution in [1.29, 1.82) is 0 Å². The lowest BCUT2D eigenvalue weighted by Gasteiger charge is -2.37. The Morgan fingerprint density at radius 3 is 2.53 bits per heavy atom. The molecule has 1 fully saturated rings. The van der Waals surface area contributed by atoms with Gasteiger partial charge in [-0.15, -0.1) is 11.3 Å². The monoisotopic (exact) mass is 476 g/mol. The van der Waals surface area contributed by atoms with Crippen molar-refractivity contribution in [2.24, 2.45) is 7.05 Å². The van der Waals surface area contributed by atoms with E-state index in [9.17, 15) is 18.0 Å². The van der Waals surface area contributed by atoms with Crippen LogP contribution >= 0.6 is 11.3 Å². The Labute approximate surface area is 189 Å². The molecule has 1 aliphatic rings. The Morgan fingerprint density at radius 2 is 1.84 bits per heavy atom. The third kappa shape index (κ3) is 3.85. The number of ether oxygens (including phenoxy) is 1. The number of hydrogen-bond acceptors (Lipinski definition) is 8. The molecule has 170 valence electrons. The van der Waals surface area contributed by atoms with Crippen molar-refractivity contribution in [1.82, 2.24) is 18.8 Å². The third-order valence-electron chi connectivity index (χ3n) is 5.83. The molecule has 0 saturated carbocycles. The molecule has 0 spiro atoms. The van der Waals surface area contributed by atoms with Gasteiger partial charge in [-0.3, -0.25) is 14.3 Å². The summed E-state index contributed by atoms with van der Waals surface area (Å²) in [6.45, 7) is 3.45. The van der Waals surface area contributed by atoms with Crippen molar-refractivity contribution in [3.8, 4) is 0 Å². The van der Waals surface area contributed by atoms with Gasteiger partial charge in [-0.05, 0) is 30.5 Å². The summed E-state index contributed by atoms with van der Waals surface area (Å²) in [6.07, 6.45) is 0. The van der Waals surface area contributed by atoms with Gasteiger partial charge < -0.3 is 4.74 Å². The van der Waals surface area contributed by atoms with Crippen molar-refractivity contribution >= 4 is 38.2 Å². The lowest BCUT2D eigenvalue weighted by Crippen LogP contribution is -2.49. The Morgan fingerprint density at radius 1 is 1.16 bits per heavy atom. The fourth-order valence-corrected chi connectivity index (χ4v) is 6.71. The van der Waals surface area contributed by atoms with Crippen LogP contribution in [0.5, 0.6) is 0 Å². The highest BCUT2D eigenvalue weighted by Crippen LogP contribution is 2.28. The van der Waals surface area contributed by atoms with E-state index in [4.69, 9.17) is 9.72 Å². The minimum absolute atomic E-state index is 0.0190. The first-order valence-electron chi connectivity index (χ1n) is 10.1. The molecule has 11 heteroatoms. The Balaban J connectivity index is 1.54. The number of carbonyl (C=O) groups excluding carboxylic acids is 1. The van der Waals surface area contributed by atoms with E-state index in [2.05, 4.69) is 4.90 Å². The second kappa shape index (κ2) is 8.74. The predicted molar refractivity (Wildman–Crippen MR) is 121 cm³/mol. The van der Waals surface area contributed by atoms with E-state index >= 15 is 0 Å². The third-order valence-corrected chi connectivity index (χ3v) is 8.79. The highest BCUT2D eigenvalue weighted by Gasteiger charge is 2.34. The van der Waals surface area contributed by atoms with E-state index < -0.39 is 16.0 Å². The van der Waals surface area contributed by atoms with E-state index in [1.807, 2.05) is 25.1 Å². The molecular weight excluding hydrogens is 452 g/mol. The first kappa shape index (κ1) is 22.6. The number of nitrogens with zero attached hydrogens (tertiary/aromatic N) is 4. The molecule has 0 amide bonds. The molecule has 2 aromatic heterocycles. The van der Waals surface area contributed by atoms with E-state index in [-0.39, 0.29) is 34.5 Å². The number of thiophene rings is 1. The standard InChI is InChI=1S/C21H24N4O5S2/c1-14(19-22-16-7-5-4-6-15(16)20(26)23(19)2)24-9-11-25(12-10-24)32(28,29)17-8-13-31-18(17)21(27)30-3/h4-8,13-14H,9-12H2,1-3H3. The predicted octanol–water partition coefficient (Wildman–Crippen LogP) is 1.85. The second-order valence-electron chi connectivity index (χ2n) is 7.57. The molecule has 9 nitrogen and oxygen atoms in total. The molecular formula is C21H24N4O5S2. The largest absolute Gasteiger partial charge is 0.465 e. The number of sulfonamides is 1. The summed E-state index contributed by atoms with van der Waals surface area (Å²) in [4.78, 5) is 31.6. The molecule has 1 atom stereocenters. The minimum atomic E-state index is -3.82.